The van der Waals surface area contributed by atoms with Crippen LogP contribution < -0.4 is 4.90 Å². The van der Waals surface area contributed by atoms with E-state index in [0.717, 1.165) is 35.1 Å². The van der Waals surface area contributed by atoms with Crippen molar-refractivity contribution < 1.29 is 14.3 Å². The van der Waals surface area contributed by atoms with Gasteiger partial charge in [-0.25, -0.2) is 4.79 Å². The van der Waals surface area contributed by atoms with E-state index in [0.29, 0.717) is 6.54 Å². The van der Waals surface area contributed by atoms with E-state index in [2.05, 4.69) is 0 Å². The van der Waals surface area contributed by atoms with Gasteiger partial charge in [0.15, 0.2) is 0 Å². The second-order valence-corrected chi connectivity index (χ2v) is 7.91. The zero-order valence-corrected chi connectivity index (χ0v) is 15.8. The lowest BCUT2D eigenvalue weighted by Gasteiger charge is -2.26. The van der Waals surface area contributed by atoms with Crippen LogP contribution in [0.25, 0.3) is 0 Å². The SMILES string of the molecule is CC(C)(C)OC(=O)N1CCc2cc([C@](C)(C=O)c3ccccc3)ccc21. The van der Waals surface area contributed by atoms with Crippen molar-refractivity contribution in [1.82, 2.24) is 0 Å². The van der Waals surface area contributed by atoms with Crippen molar-refractivity contribution in [2.45, 2.75) is 45.1 Å². The summed E-state index contributed by atoms with van der Waals surface area (Å²) in [5.41, 5.74) is 2.58. The van der Waals surface area contributed by atoms with E-state index in [-0.39, 0.29) is 6.09 Å². The smallest absolute Gasteiger partial charge is 0.414 e. The summed E-state index contributed by atoms with van der Waals surface area (Å²) in [4.78, 5) is 26.1. The monoisotopic (exact) mass is 351 g/mol. The van der Waals surface area contributed by atoms with E-state index >= 15 is 0 Å². The summed E-state index contributed by atoms with van der Waals surface area (Å²) in [6, 6.07) is 15.7. The molecule has 136 valence electrons. The van der Waals surface area contributed by atoms with Gasteiger partial charge in [-0.3, -0.25) is 4.90 Å². The Morgan fingerprint density at radius 3 is 2.35 bits per heavy atom. The third-order valence-electron chi connectivity index (χ3n) is 4.80. The molecule has 0 N–H and O–H groups in total. The Morgan fingerprint density at radius 1 is 1.04 bits per heavy atom. The summed E-state index contributed by atoms with van der Waals surface area (Å²) >= 11 is 0. The van der Waals surface area contributed by atoms with Gasteiger partial charge in [0, 0.05) is 6.54 Å². The molecule has 2 aromatic rings. The molecule has 4 nitrogen and oxygen atoms in total. The van der Waals surface area contributed by atoms with Crippen molar-refractivity contribution in [1.29, 1.82) is 0 Å². The predicted octanol–water partition coefficient (Wildman–Crippen LogP) is 4.49. The Hall–Kier alpha value is -2.62. The molecule has 0 unspecified atom stereocenters. The highest BCUT2D eigenvalue weighted by molar-refractivity contribution is 5.91. The zero-order chi connectivity index (χ0) is 18.9. The summed E-state index contributed by atoms with van der Waals surface area (Å²) in [5, 5.41) is 0. The molecule has 1 amide bonds. The number of carbonyl (C=O) groups excluding carboxylic acids is 2. The van der Waals surface area contributed by atoms with Crippen LogP contribution in [-0.2, 0) is 21.4 Å². The molecule has 1 aliphatic heterocycles. The summed E-state index contributed by atoms with van der Waals surface area (Å²) in [7, 11) is 0. The summed E-state index contributed by atoms with van der Waals surface area (Å²) in [6.07, 6.45) is 1.42. The number of aldehydes is 1. The molecule has 0 saturated carbocycles. The Morgan fingerprint density at radius 2 is 1.73 bits per heavy atom. The highest BCUT2D eigenvalue weighted by Crippen LogP contribution is 2.36. The molecule has 1 atom stereocenters. The molecule has 1 aliphatic rings. The molecule has 0 aliphatic carbocycles. The standard InChI is InChI=1S/C22H25NO3/c1-21(2,3)26-20(25)23-13-12-16-14-18(10-11-19(16)23)22(4,15-24)17-8-6-5-7-9-17/h5-11,14-15H,12-13H2,1-4H3/t22-/m1/s1. The van der Waals surface area contributed by atoms with Crippen LogP contribution in [0.4, 0.5) is 10.5 Å². The van der Waals surface area contributed by atoms with Crippen LogP contribution in [0.5, 0.6) is 0 Å². The van der Waals surface area contributed by atoms with E-state index in [1.165, 1.54) is 0 Å². The first-order valence-electron chi connectivity index (χ1n) is 8.90. The van der Waals surface area contributed by atoms with Gasteiger partial charge < -0.3 is 9.53 Å². The van der Waals surface area contributed by atoms with E-state index in [1.54, 1.807) is 4.90 Å². The van der Waals surface area contributed by atoms with Gasteiger partial charge in [-0.2, -0.15) is 0 Å². The number of fused-ring (bicyclic) bond motifs is 1. The van der Waals surface area contributed by atoms with Gasteiger partial charge in [-0.15, -0.1) is 0 Å². The molecule has 0 radical (unpaired) electrons. The van der Waals surface area contributed by atoms with Gasteiger partial charge >= 0.3 is 6.09 Å². The molecule has 0 spiro atoms. The Balaban J connectivity index is 1.93. The van der Waals surface area contributed by atoms with Gasteiger partial charge in [0.1, 0.15) is 11.9 Å². The van der Waals surface area contributed by atoms with Crippen LogP contribution >= 0.6 is 0 Å². The zero-order valence-electron chi connectivity index (χ0n) is 15.8. The van der Waals surface area contributed by atoms with Crippen LogP contribution in [0.15, 0.2) is 48.5 Å². The molecule has 0 aromatic heterocycles. The highest BCUT2D eigenvalue weighted by atomic mass is 16.6. The molecule has 4 heteroatoms. The molecule has 1 heterocycles. The first-order chi connectivity index (χ1) is 12.2. The van der Waals surface area contributed by atoms with E-state index in [9.17, 15) is 9.59 Å². The number of anilines is 1. The normalized spacial score (nSPS) is 15.9. The van der Waals surface area contributed by atoms with Gasteiger partial charge in [0.25, 0.3) is 0 Å². The minimum Gasteiger partial charge on any atom is -0.443 e. The highest BCUT2D eigenvalue weighted by Gasteiger charge is 2.33. The van der Waals surface area contributed by atoms with Crippen LogP contribution in [0.2, 0.25) is 0 Å². The van der Waals surface area contributed by atoms with Crippen LogP contribution in [-0.4, -0.2) is 24.5 Å². The third-order valence-corrected chi connectivity index (χ3v) is 4.80. The van der Waals surface area contributed by atoms with Gasteiger partial charge in [-0.05, 0) is 56.9 Å². The molecule has 3 rings (SSSR count). The number of hydrogen-bond donors (Lipinski definition) is 0. The third kappa shape index (κ3) is 3.36. The number of benzene rings is 2. The molecule has 2 aromatic carbocycles. The predicted molar refractivity (Wildman–Crippen MR) is 103 cm³/mol. The minimum absolute atomic E-state index is 0.329. The van der Waals surface area contributed by atoms with Crippen molar-refractivity contribution in [2.75, 3.05) is 11.4 Å². The average molecular weight is 351 g/mol. The lowest BCUT2D eigenvalue weighted by atomic mass is 9.77. The van der Waals surface area contributed by atoms with E-state index in [4.69, 9.17) is 4.74 Å². The molecular formula is C22H25NO3. The van der Waals surface area contributed by atoms with Crippen LogP contribution in [0.3, 0.4) is 0 Å². The number of carbonyl (C=O) groups is 2. The van der Waals surface area contributed by atoms with Gasteiger partial charge in [-0.1, -0.05) is 42.5 Å². The second-order valence-electron chi connectivity index (χ2n) is 7.91. The molecule has 0 fully saturated rings. The first kappa shape index (κ1) is 18.2. The van der Waals surface area contributed by atoms with Crippen LogP contribution in [0.1, 0.15) is 44.4 Å². The maximum atomic E-state index is 12.4. The Kier molecular flexibility index (Phi) is 4.61. The lowest BCUT2D eigenvalue weighted by Crippen LogP contribution is -2.35. The summed E-state index contributed by atoms with van der Waals surface area (Å²) < 4.78 is 5.50. The Labute approximate surface area is 154 Å². The van der Waals surface area contributed by atoms with Crippen molar-refractivity contribution >= 4 is 18.1 Å². The molecule has 26 heavy (non-hydrogen) atoms. The molecule has 0 bridgehead atoms. The fourth-order valence-corrected chi connectivity index (χ4v) is 3.32. The van der Waals surface area contributed by atoms with Crippen molar-refractivity contribution in [2.24, 2.45) is 0 Å². The van der Waals surface area contributed by atoms with Gasteiger partial charge in [0.2, 0.25) is 0 Å². The van der Waals surface area contributed by atoms with E-state index < -0.39 is 11.0 Å². The van der Waals surface area contributed by atoms with Crippen molar-refractivity contribution in [3.05, 3.63) is 65.2 Å². The maximum Gasteiger partial charge on any atom is 0.414 e. The Bertz CT molecular complexity index is 823. The number of hydrogen-bond acceptors (Lipinski definition) is 3. The van der Waals surface area contributed by atoms with E-state index in [1.807, 2.05) is 76.2 Å². The second kappa shape index (κ2) is 6.60. The van der Waals surface area contributed by atoms with Gasteiger partial charge in [0.05, 0.1) is 11.1 Å². The van der Waals surface area contributed by atoms with Crippen LogP contribution in [0, 0.1) is 0 Å². The van der Waals surface area contributed by atoms with Crippen molar-refractivity contribution in [3.8, 4) is 0 Å². The number of nitrogens with zero attached hydrogens (tertiary/aromatic N) is 1. The summed E-state index contributed by atoms with van der Waals surface area (Å²) in [5.74, 6) is 0. The number of rotatable bonds is 3. The van der Waals surface area contributed by atoms with Crippen molar-refractivity contribution in [3.63, 3.8) is 0 Å². The fraction of sp³-hybridized carbons (Fsp3) is 0.364. The quantitative estimate of drug-likeness (QED) is 0.766. The summed E-state index contributed by atoms with van der Waals surface area (Å²) in [6.45, 7) is 8.11. The maximum absolute atomic E-state index is 12.4. The topological polar surface area (TPSA) is 46.6 Å². The minimum atomic E-state index is -0.713. The fourth-order valence-electron chi connectivity index (χ4n) is 3.32. The average Bonchev–Trinajstić information content (AvgIpc) is 3.03. The molecule has 0 saturated heterocycles. The largest absolute Gasteiger partial charge is 0.443 e. The number of amides is 1. The number of ether oxygens (including phenoxy) is 1. The first-order valence-corrected chi connectivity index (χ1v) is 8.90. The lowest BCUT2D eigenvalue weighted by molar-refractivity contribution is -0.110. The molecular weight excluding hydrogens is 326 g/mol.